The van der Waals surface area contributed by atoms with Gasteiger partial charge in [-0.15, -0.1) is 0 Å². The second-order valence-corrected chi connectivity index (χ2v) is 8.26. The van der Waals surface area contributed by atoms with Crippen molar-refractivity contribution >= 4 is 51.7 Å². The van der Waals surface area contributed by atoms with Gasteiger partial charge in [-0.3, -0.25) is 14.5 Å². The molecule has 0 aromatic heterocycles. The predicted octanol–water partition coefficient (Wildman–Crippen LogP) is 5.26. The zero-order valence-corrected chi connectivity index (χ0v) is 17.5. The fourth-order valence-electron chi connectivity index (χ4n) is 2.81. The number of hydrogen-bond acceptors (Lipinski definition) is 4. The van der Waals surface area contributed by atoms with Crippen LogP contribution in [0.1, 0.15) is 17.5 Å². The molecule has 1 heterocycles. The molecule has 2 amide bonds. The van der Waals surface area contributed by atoms with Crippen LogP contribution in [0.25, 0.3) is 0 Å². The third-order valence-electron chi connectivity index (χ3n) is 4.29. The normalized spacial score (nSPS) is 18.2. The predicted molar refractivity (Wildman–Crippen MR) is 112 cm³/mol. The van der Waals surface area contributed by atoms with Crippen molar-refractivity contribution in [2.24, 2.45) is 4.99 Å². The highest BCUT2D eigenvalue weighted by molar-refractivity contribution is 8.15. The Bertz CT molecular complexity index is 1030. The molecule has 1 atom stereocenters. The van der Waals surface area contributed by atoms with E-state index in [4.69, 9.17) is 11.6 Å². The molecule has 0 aliphatic carbocycles. The number of aryl methyl sites for hydroxylation is 1. The van der Waals surface area contributed by atoms with Crippen LogP contribution in [0, 0.1) is 6.92 Å². The van der Waals surface area contributed by atoms with Gasteiger partial charge in [0.25, 0.3) is 0 Å². The first-order valence-corrected chi connectivity index (χ1v) is 10.1. The van der Waals surface area contributed by atoms with Crippen LogP contribution in [-0.4, -0.2) is 34.2 Å². The van der Waals surface area contributed by atoms with Gasteiger partial charge in [-0.2, -0.15) is 13.2 Å². The van der Waals surface area contributed by atoms with E-state index in [1.165, 1.54) is 18.0 Å². The summed E-state index contributed by atoms with van der Waals surface area (Å²) in [6, 6.07) is 10.5. The van der Waals surface area contributed by atoms with Gasteiger partial charge in [-0.05, 0) is 42.8 Å². The number of benzene rings is 2. The molecule has 3 rings (SSSR count). The molecular weight excluding hydrogens is 439 g/mol. The standard InChI is InChI=1S/C20H17ClF3N3O2S/c1-11-4-3-5-12(8-11)25-17(28)10-16-18(29)27(2)19(30-16)26-13-6-7-15(21)14(9-13)20(22,23)24/h3-9,16H,10H2,1-2H3,(H,25,28). The van der Waals surface area contributed by atoms with Crippen LogP contribution in [0.15, 0.2) is 47.5 Å². The largest absolute Gasteiger partial charge is 0.417 e. The summed E-state index contributed by atoms with van der Waals surface area (Å²) in [6.07, 6.45) is -4.70. The van der Waals surface area contributed by atoms with Crippen molar-refractivity contribution in [2.45, 2.75) is 24.8 Å². The number of amidine groups is 1. The Morgan fingerprint density at radius 2 is 2.00 bits per heavy atom. The molecule has 0 radical (unpaired) electrons. The molecule has 2 aromatic carbocycles. The Morgan fingerprint density at radius 1 is 1.27 bits per heavy atom. The van der Waals surface area contributed by atoms with Gasteiger partial charge >= 0.3 is 6.18 Å². The van der Waals surface area contributed by atoms with Gasteiger partial charge in [0, 0.05) is 19.2 Å². The van der Waals surface area contributed by atoms with E-state index < -0.39 is 22.0 Å². The second-order valence-electron chi connectivity index (χ2n) is 6.68. The van der Waals surface area contributed by atoms with Crippen LogP contribution in [0.2, 0.25) is 5.02 Å². The van der Waals surface area contributed by atoms with Crippen molar-refractivity contribution in [3.8, 4) is 0 Å². The molecule has 0 saturated carbocycles. The molecular formula is C20H17ClF3N3O2S. The number of aliphatic imine (C=N–C) groups is 1. The van der Waals surface area contributed by atoms with E-state index in [0.717, 1.165) is 29.5 Å². The monoisotopic (exact) mass is 455 g/mol. The van der Waals surface area contributed by atoms with Gasteiger partial charge < -0.3 is 5.32 Å². The zero-order valence-electron chi connectivity index (χ0n) is 16.0. The number of hydrogen-bond donors (Lipinski definition) is 1. The minimum absolute atomic E-state index is 0.0127. The molecule has 5 nitrogen and oxygen atoms in total. The summed E-state index contributed by atoms with van der Waals surface area (Å²) in [5, 5.41) is 1.80. The molecule has 1 aliphatic heterocycles. The molecule has 30 heavy (non-hydrogen) atoms. The van der Waals surface area contributed by atoms with Crippen LogP contribution < -0.4 is 5.32 Å². The van der Waals surface area contributed by atoms with Gasteiger partial charge in [0.15, 0.2) is 5.17 Å². The Kier molecular flexibility index (Phi) is 6.42. The summed E-state index contributed by atoms with van der Waals surface area (Å²) < 4.78 is 39.1. The minimum atomic E-state index is -4.62. The number of carbonyl (C=O) groups excluding carboxylic acids is 2. The summed E-state index contributed by atoms with van der Waals surface area (Å²) in [5.74, 6) is -0.685. The van der Waals surface area contributed by atoms with Crippen molar-refractivity contribution in [3.63, 3.8) is 0 Å². The molecule has 1 aliphatic rings. The van der Waals surface area contributed by atoms with Crippen LogP contribution in [0.3, 0.4) is 0 Å². The number of anilines is 1. The van der Waals surface area contributed by atoms with Crippen LogP contribution in [0.4, 0.5) is 24.5 Å². The third kappa shape index (κ3) is 5.14. The van der Waals surface area contributed by atoms with Crippen molar-refractivity contribution in [1.29, 1.82) is 0 Å². The Balaban J connectivity index is 1.73. The van der Waals surface area contributed by atoms with E-state index in [9.17, 15) is 22.8 Å². The maximum atomic E-state index is 13.0. The number of rotatable bonds is 4. The minimum Gasteiger partial charge on any atom is -0.326 e. The highest BCUT2D eigenvalue weighted by atomic mass is 35.5. The number of thioether (sulfide) groups is 1. The third-order valence-corrected chi connectivity index (χ3v) is 5.85. The quantitative estimate of drug-likeness (QED) is 0.684. The highest BCUT2D eigenvalue weighted by Crippen LogP contribution is 2.38. The van der Waals surface area contributed by atoms with Crippen molar-refractivity contribution < 1.29 is 22.8 Å². The number of alkyl halides is 3. The van der Waals surface area contributed by atoms with Crippen molar-refractivity contribution in [1.82, 2.24) is 4.90 Å². The lowest BCUT2D eigenvalue weighted by atomic mass is 10.2. The Hall–Kier alpha value is -2.52. The van der Waals surface area contributed by atoms with E-state index in [-0.39, 0.29) is 29.1 Å². The first-order chi connectivity index (χ1) is 14.0. The number of amides is 2. The lowest BCUT2D eigenvalue weighted by molar-refractivity contribution is -0.137. The molecule has 10 heteroatoms. The van der Waals surface area contributed by atoms with E-state index >= 15 is 0 Å². The van der Waals surface area contributed by atoms with Gasteiger partial charge in [-0.25, -0.2) is 4.99 Å². The van der Waals surface area contributed by atoms with Gasteiger partial charge in [-0.1, -0.05) is 35.5 Å². The van der Waals surface area contributed by atoms with E-state index in [2.05, 4.69) is 10.3 Å². The SMILES string of the molecule is Cc1cccc(NC(=O)CC2SC(=Nc3ccc(Cl)c(C(F)(F)F)c3)N(C)C2=O)c1. The number of halogens is 4. The summed E-state index contributed by atoms with van der Waals surface area (Å²) in [4.78, 5) is 30.2. The maximum absolute atomic E-state index is 13.0. The average molecular weight is 456 g/mol. The van der Waals surface area contributed by atoms with Crippen molar-refractivity contribution in [3.05, 3.63) is 58.6 Å². The van der Waals surface area contributed by atoms with Crippen LogP contribution in [0.5, 0.6) is 0 Å². The van der Waals surface area contributed by atoms with Gasteiger partial charge in [0.2, 0.25) is 11.8 Å². The molecule has 1 N–H and O–H groups in total. The summed E-state index contributed by atoms with van der Waals surface area (Å²) in [6.45, 7) is 1.89. The fourth-order valence-corrected chi connectivity index (χ4v) is 4.19. The fraction of sp³-hybridized carbons (Fsp3) is 0.250. The summed E-state index contributed by atoms with van der Waals surface area (Å²) >= 11 is 6.66. The molecule has 1 saturated heterocycles. The summed E-state index contributed by atoms with van der Waals surface area (Å²) in [5.41, 5.74) is 0.615. The number of nitrogens with zero attached hydrogens (tertiary/aromatic N) is 2. The van der Waals surface area contributed by atoms with Gasteiger partial charge in [0.1, 0.15) is 5.25 Å². The molecule has 0 spiro atoms. The summed E-state index contributed by atoms with van der Waals surface area (Å²) in [7, 11) is 1.47. The van der Waals surface area contributed by atoms with E-state index in [1.807, 2.05) is 13.0 Å². The molecule has 1 unspecified atom stereocenters. The first kappa shape index (κ1) is 22.2. The Morgan fingerprint density at radius 3 is 2.67 bits per heavy atom. The molecule has 1 fully saturated rings. The smallest absolute Gasteiger partial charge is 0.326 e. The van der Waals surface area contributed by atoms with E-state index in [1.54, 1.807) is 18.2 Å². The molecule has 0 bridgehead atoms. The number of nitrogens with one attached hydrogen (secondary N) is 1. The second kappa shape index (κ2) is 8.69. The van der Waals surface area contributed by atoms with E-state index in [0.29, 0.717) is 5.69 Å². The Labute approximate surface area is 180 Å². The van der Waals surface area contributed by atoms with Crippen molar-refractivity contribution in [2.75, 3.05) is 12.4 Å². The molecule has 158 valence electrons. The topological polar surface area (TPSA) is 61.8 Å². The lowest BCUT2D eigenvalue weighted by Gasteiger charge is -2.11. The average Bonchev–Trinajstić information content (AvgIpc) is 2.90. The lowest BCUT2D eigenvalue weighted by Crippen LogP contribution is -2.30. The van der Waals surface area contributed by atoms with Gasteiger partial charge in [0.05, 0.1) is 16.3 Å². The van der Waals surface area contributed by atoms with Crippen LogP contribution in [-0.2, 0) is 15.8 Å². The number of carbonyl (C=O) groups is 2. The van der Waals surface area contributed by atoms with Crippen LogP contribution >= 0.6 is 23.4 Å². The molecule has 2 aromatic rings. The first-order valence-electron chi connectivity index (χ1n) is 8.81. The zero-order chi connectivity index (χ0) is 22.1. The maximum Gasteiger partial charge on any atom is 0.417 e. The highest BCUT2D eigenvalue weighted by Gasteiger charge is 2.37.